The summed E-state index contributed by atoms with van der Waals surface area (Å²) in [5.41, 5.74) is 1.02. The molecule has 1 fully saturated rings. The molecule has 1 aliphatic heterocycles. The number of rotatable bonds is 2. The molecule has 0 spiro atoms. The van der Waals surface area contributed by atoms with E-state index in [2.05, 4.69) is 10.3 Å². The van der Waals surface area contributed by atoms with Crippen molar-refractivity contribution >= 4 is 10.9 Å². The predicted molar refractivity (Wildman–Crippen MR) is 69.9 cm³/mol. The summed E-state index contributed by atoms with van der Waals surface area (Å²) in [4.78, 5) is 27.1. The molecule has 5 nitrogen and oxygen atoms in total. The van der Waals surface area contributed by atoms with Crippen molar-refractivity contribution in [3.05, 3.63) is 44.6 Å². The first kappa shape index (κ1) is 11.2. The van der Waals surface area contributed by atoms with Crippen LogP contribution in [0.5, 0.6) is 0 Å². The van der Waals surface area contributed by atoms with E-state index in [4.69, 9.17) is 0 Å². The Morgan fingerprint density at radius 3 is 2.78 bits per heavy atom. The molecule has 0 atom stereocenters. The van der Waals surface area contributed by atoms with Gasteiger partial charge in [-0.05, 0) is 18.6 Å². The lowest BCUT2D eigenvalue weighted by Gasteiger charge is -2.27. The lowest BCUT2D eigenvalue weighted by molar-refractivity contribution is 0.299. The molecule has 1 aromatic heterocycles. The second-order valence-electron chi connectivity index (χ2n) is 4.87. The summed E-state index contributed by atoms with van der Waals surface area (Å²) in [6, 6.07) is 5.49. The monoisotopic (exact) mass is 245 g/mol. The van der Waals surface area contributed by atoms with Crippen molar-refractivity contribution in [2.45, 2.75) is 13.5 Å². The summed E-state index contributed by atoms with van der Waals surface area (Å²) < 4.78 is 1.32. The molecule has 1 aromatic carbocycles. The molecule has 18 heavy (non-hydrogen) atoms. The summed E-state index contributed by atoms with van der Waals surface area (Å²) in [5, 5.41) is 3.76. The van der Waals surface area contributed by atoms with Crippen LogP contribution >= 0.6 is 0 Å². The van der Waals surface area contributed by atoms with Gasteiger partial charge in [-0.3, -0.25) is 9.36 Å². The first-order chi connectivity index (χ1) is 8.66. The zero-order valence-corrected chi connectivity index (χ0v) is 10.2. The highest BCUT2D eigenvalue weighted by atomic mass is 16.2. The van der Waals surface area contributed by atoms with Crippen molar-refractivity contribution in [3.8, 4) is 0 Å². The number of fused-ring (bicyclic) bond motifs is 1. The Kier molecular flexibility index (Phi) is 2.56. The number of aromatic amines is 1. The molecule has 0 unspecified atom stereocenters. The third kappa shape index (κ3) is 1.67. The minimum absolute atomic E-state index is 0.182. The third-order valence-corrected chi connectivity index (χ3v) is 3.53. The van der Waals surface area contributed by atoms with Gasteiger partial charge in [0.1, 0.15) is 0 Å². The van der Waals surface area contributed by atoms with E-state index in [0.29, 0.717) is 23.4 Å². The van der Waals surface area contributed by atoms with Crippen LogP contribution in [0.1, 0.15) is 5.56 Å². The molecule has 5 heteroatoms. The number of H-pyrrole nitrogens is 1. The van der Waals surface area contributed by atoms with Crippen molar-refractivity contribution in [2.75, 3.05) is 13.1 Å². The minimum Gasteiger partial charge on any atom is -0.316 e. The average Bonchev–Trinajstić information content (AvgIpc) is 2.26. The lowest BCUT2D eigenvalue weighted by atomic mass is 10.0. The van der Waals surface area contributed by atoms with Crippen LogP contribution in [0, 0.1) is 12.8 Å². The third-order valence-electron chi connectivity index (χ3n) is 3.53. The number of aromatic nitrogens is 2. The zero-order chi connectivity index (χ0) is 12.7. The molecule has 0 saturated carbocycles. The number of benzene rings is 1. The van der Waals surface area contributed by atoms with Gasteiger partial charge in [0.15, 0.2) is 0 Å². The standard InChI is InChI=1S/C13H15N3O2/c1-8-3-2-4-10-11(8)12(17)16(13(18)15-10)7-9-5-14-6-9/h2-4,9,14H,5-7H2,1H3,(H,15,18). The first-order valence-corrected chi connectivity index (χ1v) is 6.10. The molecule has 0 amide bonds. The van der Waals surface area contributed by atoms with Gasteiger partial charge in [-0.1, -0.05) is 12.1 Å². The van der Waals surface area contributed by atoms with Gasteiger partial charge in [-0.2, -0.15) is 0 Å². The maximum atomic E-state index is 12.4. The van der Waals surface area contributed by atoms with Crippen LogP contribution in [0.3, 0.4) is 0 Å². The van der Waals surface area contributed by atoms with Crippen LogP contribution in [0.15, 0.2) is 27.8 Å². The Morgan fingerprint density at radius 1 is 1.33 bits per heavy atom. The maximum Gasteiger partial charge on any atom is 0.328 e. The van der Waals surface area contributed by atoms with Crippen molar-refractivity contribution in [1.29, 1.82) is 0 Å². The van der Waals surface area contributed by atoms with Crippen molar-refractivity contribution in [1.82, 2.24) is 14.9 Å². The molecule has 2 heterocycles. The van der Waals surface area contributed by atoms with Crippen molar-refractivity contribution < 1.29 is 0 Å². The van der Waals surface area contributed by atoms with Gasteiger partial charge in [-0.25, -0.2) is 4.79 Å². The molecule has 0 aliphatic carbocycles. The second-order valence-corrected chi connectivity index (χ2v) is 4.87. The van der Waals surface area contributed by atoms with Crippen molar-refractivity contribution in [2.24, 2.45) is 5.92 Å². The molecule has 3 rings (SSSR count). The Morgan fingerprint density at radius 2 is 2.11 bits per heavy atom. The largest absolute Gasteiger partial charge is 0.328 e. The average molecular weight is 245 g/mol. The SMILES string of the molecule is Cc1cccc2[nH]c(=O)n(CC3CNC3)c(=O)c12. The molecule has 0 radical (unpaired) electrons. The second kappa shape index (κ2) is 4.10. The maximum absolute atomic E-state index is 12.4. The zero-order valence-electron chi connectivity index (χ0n) is 10.2. The fourth-order valence-electron chi connectivity index (χ4n) is 2.37. The lowest BCUT2D eigenvalue weighted by Crippen LogP contribution is -2.48. The quantitative estimate of drug-likeness (QED) is 0.795. The smallest absolute Gasteiger partial charge is 0.316 e. The van der Waals surface area contributed by atoms with Gasteiger partial charge in [0.2, 0.25) is 0 Å². The molecule has 0 bridgehead atoms. The summed E-state index contributed by atoms with van der Waals surface area (Å²) in [7, 11) is 0. The van der Waals surface area contributed by atoms with Crippen LogP contribution in [0.2, 0.25) is 0 Å². The minimum atomic E-state index is -0.315. The fraction of sp³-hybridized carbons (Fsp3) is 0.385. The first-order valence-electron chi connectivity index (χ1n) is 6.10. The molecular weight excluding hydrogens is 230 g/mol. The van der Waals surface area contributed by atoms with E-state index >= 15 is 0 Å². The number of nitrogens with zero attached hydrogens (tertiary/aromatic N) is 1. The summed E-state index contributed by atoms with van der Waals surface area (Å²) in [5.74, 6) is 0.380. The Hall–Kier alpha value is -1.88. The molecule has 2 N–H and O–H groups in total. The van der Waals surface area contributed by atoms with E-state index in [-0.39, 0.29) is 11.2 Å². The van der Waals surface area contributed by atoms with Crippen LogP contribution < -0.4 is 16.6 Å². The van der Waals surface area contributed by atoms with E-state index < -0.39 is 0 Å². The number of hydrogen-bond acceptors (Lipinski definition) is 3. The Balaban J connectivity index is 2.22. The van der Waals surface area contributed by atoms with E-state index in [0.717, 1.165) is 18.7 Å². The summed E-state index contributed by atoms with van der Waals surface area (Å²) >= 11 is 0. The molecule has 1 aliphatic rings. The van der Waals surface area contributed by atoms with Gasteiger partial charge < -0.3 is 10.3 Å². The highest BCUT2D eigenvalue weighted by molar-refractivity contribution is 5.80. The van der Waals surface area contributed by atoms with Crippen LogP contribution in [-0.4, -0.2) is 22.6 Å². The van der Waals surface area contributed by atoms with Gasteiger partial charge >= 0.3 is 5.69 Å². The van der Waals surface area contributed by atoms with Crippen LogP contribution in [-0.2, 0) is 6.54 Å². The van der Waals surface area contributed by atoms with E-state index in [1.807, 2.05) is 19.1 Å². The van der Waals surface area contributed by atoms with E-state index in [9.17, 15) is 9.59 Å². The van der Waals surface area contributed by atoms with Crippen LogP contribution in [0.4, 0.5) is 0 Å². The van der Waals surface area contributed by atoms with E-state index in [1.165, 1.54) is 4.57 Å². The topological polar surface area (TPSA) is 66.9 Å². The van der Waals surface area contributed by atoms with Crippen molar-refractivity contribution in [3.63, 3.8) is 0 Å². The predicted octanol–water partition coefficient (Wildman–Crippen LogP) is 0.218. The molecule has 1 saturated heterocycles. The van der Waals surface area contributed by atoms with Crippen LogP contribution in [0.25, 0.3) is 10.9 Å². The Labute approximate surface area is 103 Å². The van der Waals surface area contributed by atoms with Gasteiger partial charge in [0, 0.05) is 25.6 Å². The fourth-order valence-corrected chi connectivity index (χ4v) is 2.37. The van der Waals surface area contributed by atoms with Gasteiger partial charge in [-0.15, -0.1) is 0 Å². The number of aryl methyl sites for hydroxylation is 1. The molecular formula is C13H15N3O2. The summed E-state index contributed by atoms with van der Waals surface area (Å²) in [6.07, 6.45) is 0. The highest BCUT2D eigenvalue weighted by Crippen LogP contribution is 2.11. The Bertz CT molecular complexity index is 710. The van der Waals surface area contributed by atoms with Gasteiger partial charge in [0.25, 0.3) is 5.56 Å². The molecule has 94 valence electrons. The molecule has 2 aromatic rings. The number of hydrogen-bond donors (Lipinski definition) is 2. The van der Waals surface area contributed by atoms with E-state index in [1.54, 1.807) is 6.07 Å². The highest BCUT2D eigenvalue weighted by Gasteiger charge is 2.19. The normalized spacial score (nSPS) is 15.8. The number of nitrogens with one attached hydrogen (secondary N) is 2. The summed E-state index contributed by atoms with van der Waals surface area (Å²) in [6.45, 7) is 4.12. The van der Waals surface area contributed by atoms with Gasteiger partial charge in [0.05, 0.1) is 10.9 Å².